The molecule has 1 fully saturated rings. The van der Waals surface area contributed by atoms with Gasteiger partial charge in [-0.15, -0.1) is 0 Å². The van der Waals surface area contributed by atoms with Gasteiger partial charge in [0.2, 0.25) is 5.91 Å². The van der Waals surface area contributed by atoms with Gasteiger partial charge in [-0.2, -0.15) is 0 Å². The van der Waals surface area contributed by atoms with E-state index in [2.05, 4.69) is 42.3 Å². The fourth-order valence-electron chi connectivity index (χ4n) is 3.73. The molecule has 0 radical (unpaired) electrons. The number of amides is 1. The molecule has 3 nitrogen and oxygen atoms in total. The van der Waals surface area contributed by atoms with Crippen LogP contribution in [0.15, 0.2) is 18.2 Å². The first kappa shape index (κ1) is 12.5. The normalized spacial score (nSPS) is 21.2. The molecule has 3 heteroatoms. The third kappa shape index (κ3) is 1.75. The molecule has 1 heterocycles. The minimum Gasteiger partial charge on any atom is -0.356 e. The summed E-state index contributed by atoms with van der Waals surface area (Å²) in [5.74, 6) is 0.204. The fraction of sp³-hybridized carbons (Fsp3) is 0.562. The standard InChI is InChI=1S/C16H22N2O/c1-3-18-13-9-7-8-12(2)14(13)17-15(19)16(18)10-5-4-6-11-16/h7-9H,3-6,10-11H2,1-2H3,(H,17,19). The Bertz CT molecular complexity index is 503. The number of aryl methyl sites for hydroxylation is 1. The molecule has 1 saturated carbocycles. The number of anilines is 2. The molecule has 102 valence electrons. The Labute approximate surface area is 115 Å². The van der Waals surface area contributed by atoms with Crippen LogP contribution in [0.4, 0.5) is 11.4 Å². The highest BCUT2D eigenvalue weighted by molar-refractivity contribution is 6.07. The van der Waals surface area contributed by atoms with Gasteiger partial charge >= 0.3 is 0 Å². The van der Waals surface area contributed by atoms with Crippen molar-refractivity contribution in [2.75, 3.05) is 16.8 Å². The largest absolute Gasteiger partial charge is 0.356 e. The minimum absolute atomic E-state index is 0.204. The lowest BCUT2D eigenvalue weighted by atomic mass is 9.77. The summed E-state index contributed by atoms with van der Waals surface area (Å²) in [4.78, 5) is 15.0. The third-order valence-electron chi connectivity index (χ3n) is 4.72. The lowest BCUT2D eigenvalue weighted by Crippen LogP contribution is -2.61. The van der Waals surface area contributed by atoms with Gasteiger partial charge in [-0.1, -0.05) is 31.4 Å². The van der Waals surface area contributed by atoms with Gasteiger partial charge < -0.3 is 10.2 Å². The second-order valence-corrected chi connectivity index (χ2v) is 5.76. The first-order valence-corrected chi connectivity index (χ1v) is 7.38. The van der Waals surface area contributed by atoms with Crippen LogP contribution in [0.3, 0.4) is 0 Å². The van der Waals surface area contributed by atoms with Crippen molar-refractivity contribution in [3.63, 3.8) is 0 Å². The molecule has 3 rings (SSSR count). The zero-order chi connectivity index (χ0) is 13.5. The predicted octanol–water partition coefficient (Wildman–Crippen LogP) is 3.48. The maximum absolute atomic E-state index is 12.7. The van der Waals surface area contributed by atoms with E-state index in [-0.39, 0.29) is 11.4 Å². The molecule has 1 amide bonds. The molecule has 19 heavy (non-hydrogen) atoms. The van der Waals surface area contributed by atoms with Crippen molar-refractivity contribution in [1.82, 2.24) is 0 Å². The molecule has 1 aromatic carbocycles. The van der Waals surface area contributed by atoms with Crippen LogP contribution < -0.4 is 10.2 Å². The number of hydrogen-bond acceptors (Lipinski definition) is 2. The summed E-state index contributed by atoms with van der Waals surface area (Å²) >= 11 is 0. The van der Waals surface area contributed by atoms with Crippen LogP contribution in [-0.2, 0) is 4.79 Å². The van der Waals surface area contributed by atoms with E-state index < -0.39 is 0 Å². The van der Waals surface area contributed by atoms with E-state index in [9.17, 15) is 4.79 Å². The molecule has 2 aliphatic rings. The molecule has 1 aliphatic carbocycles. The predicted molar refractivity (Wildman–Crippen MR) is 78.6 cm³/mol. The number of benzene rings is 1. The van der Waals surface area contributed by atoms with Crippen LogP contribution in [0.1, 0.15) is 44.6 Å². The van der Waals surface area contributed by atoms with E-state index in [1.165, 1.54) is 12.1 Å². The molecule has 0 unspecified atom stereocenters. The zero-order valence-electron chi connectivity index (χ0n) is 11.8. The summed E-state index contributed by atoms with van der Waals surface area (Å²) < 4.78 is 0. The highest BCUT2D eigenvalue weighted by Gasteiger charge is 2.47. The van der Waals surface area contributed by atoms with Crippen molar-refractivity contribution < 1.29 is 4.79 Å². The number of hydrogen-bond donors (Lipinski definition) is 1. The average Bonchev–Trinajstić information content (AvgIpc) is 2.43. The van der Waals surface area contributed by atoms with Gasteiger partial charge in [0.1, 0.15) is 5.54 Å². The first-order valence-electron chi connectivity index (χ1n) is 7.38. The lowest BCUT2D eigenvalue weighted by molar-refractivity contribution is -0.122. The highest BCUT2D eigenvalue weighted by atomic mass is 16.2. The van der Waals surface area contributed by atoms with Gasteiger partial charge in [-0.3, -0.25) is 4.79 Å². The SMILES string of the molecule is CCN1c2cccc(C)c2NC(=O)C12CCCCC2. The van der Waals surface area contributed by atoms with Gasteiger partial charge in [0, 0.05) is 6.54 Å². The highest BCUT2D eigenvalue weighted by Crippen LogP contribution is 2.44. The van der Waals surface area contributed by atoms with Crippen LogP contribution >= 0.6 is 0 Å². The Morgan fingerprint density at radius 2 is 2.00 bits per heavy atom. The Morgan fingerprint density at radius 3 is 2.68 bits per heavy atom. The maximum atomic E-state index is 12.7. The number of carbonyl (C=O) groups is 1. The van der Waals surface area contributed by atoms with Crippen LogP contribution in [0.2, 0.25) is 0 Å². The summed E-state index contributed by atoms with van der Waals surface area (Å²) in [6, 6.07) is 6.29. The van der Waals surface area contributed by atoms with Gasteiger partial charge in [-0.25, -0.2) is 0 Å². The number of fused-ring (bicyclic) bond motifs is 1. The summed E-state index contributed by atoms with van der Waals surface area (Å²) in [6.07, 6.45) is 5.55. The minimum atomic E-state index is -0.298. The van der Waals surface area contributed by atoms with E-state index in [4.69, 9.17) is 0 Å². The van der Waals surface area contributed by atoms with Gasteiger partial charge in [0.05, 0.1) is 11.4 Å². The number of rotatable bonds is 1. The number of para-hydroxylation sites is 1. The molecule has 1 aromatic rings. The van der Waals surface area contributed by atoms with Gasteiger partial charge in [0.15, 0.2) is 0 Å². The summed E-state index contributed by atoms with van der Waals surface area (Å²) in [5.41, 5.74) is 3.05. The van der Waals surface area contributed by atoms with Crippen molar-refractivity contribution in [3.8, 4) is 0 Å². The summed E-state index contributed by atoms with van der Waals surface area (Å²) in [7, 11) is 0. The van der Waals surface area contributed by atoms with Gasteiger partial charge in [0.25, 0.3) is 0 Å². The number of carbonyl (C=O) groups excluding carboxylic acids is 1. The fourth-order valence-corrected chi connectivity index (χ4v) is 3.73. The van der Waals surface area contributed by atoms with Crippen molar-refractivity contribution in [2.45, 2.75) is 51.5 Å². The van der Waals surface area contributed by atoms with E-state index in [0.717, 1.165) is 43.5 Å². The third-order valence-corrected chi connectivity index (χ3v) is 4.72. The Morgan fingerprint density at radius 1 is 1.26 bits per heavy atom. The van der Waals surface area contributed by atoms with Crippen molar-refractivity contribution in [2.24, 2.45) is 0 Å². The van der Waals surface area contributed by atoms with Gasteiger partial charge in [-0.05, 0) is 38.3 Å². The lowest BCUT2D eigenvalue weighted by Gasteiger charge is -2.49. The van der Waals surface area contributed by atoms with E-state index in [1.54, 1.807) is 0 Å². The summed E-state index contributed by atoms with van der Waals surface area (Å²) in [5, 5.41) is 3.17. The molecule has 0 aromatic heterocycles. The topological polar surface area (TPSA) is 32.3 Å². The molecule has 1 aliphatic heterocycles. The maximum Gasteiger partial charge on any atom is 0.250 e. The molecule has 0 bridgehead atoms. The van der Waals surface area contributed by atoms with Crippen molar-refractivity contribution in [3.05, 3.63) is 23.8 Å². The van der Waals surface area contributed by atoms with Crippen LogP contribution in [-0.4, -0.2) is 18.0 Å². The number of nitrogens with zero attached hydrogens (tertiary/aromatic N) is 1. The van der Waals surface area contributed by atoms with Crippen molar-refractivity contribution >= 4 is 17.3 Å². The molecular formula is C16H22N2O. The van der Waals surface area contributed by atoms with Crippen LogP contribution in [0.5, 0.6) is 0 Å². The van der Waals surface area contributed by atoms with E-state index in [0.29, 0.717) is 0 Å². The smallest absolute Gasteiger partial charge is 0.250 e. The average molecular weight is 258 g/mol. The molecular weight excluding hydrogens is 236 g/mol. The molecule has 0 atom stereocenters. The Hall–Kier alpha value is -1.51. The summed E-state index contributed by atoms with van der Waals surface area (Å²) in [6.45, 7) is 5.11. The quantitative estimate of drug-likeness (QED) is 0.836. The van der Waals surface area contributed by atoms with E-state index >= 15 is 0 Å². The Kier molecular flexibility index (Phi) is 3.00. The van der Waals surface area contributed by atoms with Crippen LogP contribution in [0.25, 0.3) is 0 Å². The van der Waals surface area contributed by atoms with E-state index in [1.807, 2.05) is 0 Å². The number of likely N-dealkylation sites (N-methyl/N-ethyl adjacent to an activating group) is 1. The second kappa shape index (κ2) is 4.55. The molecule has 1 spiro atoms. The van der Waals surface area contributed by atoms with Crippen LogP contribution in [0, 0.1) is 6.92 Å². The monoisotopic (exact) mass is 258 g/mol. The molecule has 0 saturated heterocycles. The second-order valence-electron chi connectivity index (χ2n) is 5.76. The van der Waals surface area contributed by atoms with Crippen molar-refractivity contribution in [1.29, 1.82) is 0 Å². The number of nitrogens with one attached hydrogen (secondary N) is 1. The Balaban J connectivity index is 2.11. The molecule has 1 N–H and O–H groups in total. The first-order chi connectivity index (χ1) is 9.19. The zero-order valence-corrected chi connectivity index (χ0v) is 11.8.